The Morgan fingerprint density at radius 2 is 1.97 bits per heavy atom. The molecule has 5 nitrogen and oxygen atoms in total. The molecule has 0 saturated carbocycles. The number of aliphatic imine (C=N–C) groups is 1. The molecule has 1 unspecified atom stereocenters. The first-order chi connectivity index (χ1) is 14.0. The fourth-order valence-corrected chi connectivity index (χ4v) is 4.36. The SMILES string of the molecule is CCNC(=O)C1CC(=O)N(CCc2ccc(Cl)cc2)C(=Nc2cccc(Cl)c2)S1. The Kier molecular flexibility index (Phi) is 7.58. The monoisotopic (exact) mass is 449 g/mol. The Morgan fingerprint density at radius 3 is 2.66 bits per heavy atom. The van der Waals surface area contributed by atoms with Crippen LogP contribution in [0, 0.1) is 0 Å². The molecule has 3 rings (SSSR count). The van der Waals surface area contributed by atoms with Crippen LogP contribution in [-0.4, -0.2) is 40.2 Å². The van der Waals surface area contributed by atoms with E-state index >= 15 is 0 Å². The van der Waals surface area contributed by atoms with E-state index in [1.807, 2.05) is 37.3 Å². The van der Waals surface area contributed by atoms with Crippen molar-refractivity contribution in [2.24, 2.45) is 4.99 Å². The lowest BCUT2D eigenvalue weighted by Crippen LogP contribution is -2.47. The van der Waals surface area contributed by atoms with Crippen molar-refractivity contribution < 1.29 is 9.59 Å². The molecule has 29 heavy (non-hydrogen) atoms. The molecule has 1 saturated heterocycles. The van der Waals surface area contributed by atoms with Crippen LogP contribution in [0.5, 0.6) is 0 Å². The molecule has 0 spiro atoms. The number of carbonyl (C=O) groups is 2. The summed E-state index contributed by atoms with van der Waals surface area (Å²) in [4.78, 5) is 31.5. The van der Waals surface area contributed by atoms with Crippen molar-refractivity contribution >= 4 is 57.6 Å². The smallest absolute Gasteiger partial charge is 0.234 e. The van der Waals surface area contributed by atoms with Crippen LogP contribution in [0.4, 0.5) is 5.69 Å². The lowest BCUT2D eigenvalue weighted by atomic mass is 10.1. The normalized spacial score (nSPS) is 18.2. The van der Waals surface area contributed by atoms with Gasteiger partial charge in [0.15, 0.2) is 5.17 Å². The second-order valence-electron chi connectivity index (χ2n) is 6.50. The zero-order valence-electron chi connectivity index (χ0n) is 15.9. The number of nitrogens with zero attached hydrogens (tertiary/aromatic N) is 2. The van der Waals surface area contributed by atoms with Crippen LogP contribution in [0.1, 0.15) is 18.9 Å². The van der Waals surface area contributed by atoms with E-state index < -0.39 is 5.25 Å². The van der Waals surface area contributed by atoms with Crippen LogP contribution >= 0.6 is 35.0 Å². The Balaban J connectivity index is 1.84. The van der Waals surface area contributed by atoms with Gasteiger partial charge in [0, 0.05) is 29.6 Å². The van der Waals surface area contributed by atoms with Crippen LogP contribution in [0.3, 0.4) is 0 Å². The van der Waals surface area contributed by atoms with Crippen molar-refractivity contribution in [3.63, 3.8) is 0 Å². The second kappa shape index (κ2) is 10.1. The van der Waals surface area contributed by atoms with Crippen molar-refractivity contribution in [3.8, 4) is 0 Å². The van der Waals surface area contributed by atoms with Crippen LogP contribution in [0.2, 0.25) is 10.0 Å². The Bertz CT molecular complexity index is 918. The van der Waals surface area contributed by atoms with E-state index in [9.17, 15) is 9.59 Å². The fourth-order valence-electron chi connectivity index (χ4n) is 2.90. The number of thioether (sulfide) groups is 1. The third kappa shape index (κ3) is 5.98. The topological polar surface area (TPSA) is 61.8 Å². The van der Waals surface area contributed by atoms with E-state index in [-0.39, 0.29) is 18.2 Å². The Hall–Kier alpha value is -2.02. The van der Waals surface area contributed by atoms with Gasteiger partial charge in [0.1, 0.15) is 0 Å². The summed E-state index contributed by atoms with van der Waals surface area (Å²) in [6.07, 6.45) is 0.801. The molecule has 2 aromatic rings. The maximum absolute atomic E-state index is 12.9. The number of amides is 2. The summed E-state index contributed by atoms with van der Waals surface area (Å²) in [5.41, 5.74) is 1.71. The molecule has 1 N–H and O–H groups in total. The molecule has 0 aliphatic carbocycles. The average molecular weight is 450 g/mol. The highest BCUT2D eigenvalue weighted by molar-refractivity contribution is 8.15. The molecule has 1 atom stereocenters. The highest BCUT2D eigenvalue weighted by atomic mass is 35.5. The van der Waals surface area contributed by atoms with E-state index in [0.29, 0.717) is 40.4 Å². The standard InChI is InChI=1S/C21H21Cl2N3O2S/c1-2-24-20(28)18-13-19(27)26(11-10-14-6-8-15(22)9-7-14)21(29-18)25-17-5-3-4-16(23)12-17/h3-9,12,18H,2,10-11,13H2,1H3,(H,24,28). The molecular weight excluding hydrogens is 429 g/mol. The van der Waals surface area contributed by atoms with E-state index in [1.54, 1.807) is 23.1 Å². The van der Waals surface area contributed by atoms with Gasteiger partial charge in [-0.2, -0.15) is 0 Å². The Labute approximate surface area is 184 Å². The lowest BCUT2D eigenvalue weighted by molar-refractivity contribution is -0.130. The third-order valence-electron chi connectivity index (χ3n) is 4.35. The first-order valence-electron chi connectivity index (χ1n) is 9.29. The summed E-state index contributed by atoms with van der Waals surface area (Å²) in [5, 5.41) is 4.04. The van der Waals surface area contributed by atoms with Gasteiger partial charge in [-0.05, 0) is 49.2 Å². The van der Waals surface area contributed by atoms with Gasteiger partial charge >= 0.3 is 0 Å². The second-order valence-corrected chi connectivity index (χ2v) is 8.54. The van der Waals surface area contributed by atoms with Crippen molar-refractivity contribution in [3.05, 3.63) is 64.1 Å². The van der Waals surface area contributed by atoms with Gasteiger partial charge in [-0.1, -0.05) is 53.2 Å². The lowest BCUT2D eigenvalue weighted by Gasteiger charge is -2.31. The molecular formula is C21H21Cl2N3O2S. The summed E-state index contributed by atoms with van der Waals surface area (Å²) in [5.74, 6) is -0.267. The molecule has 0 radical (unpaired) electrons. The predicted molar refractivity (Wildman–Crippen MR) is 120 cm³/mol. The molecule has 1 aliphatic rings. The number of amidine groups is 1. The quantitative estimate of drug-likeness (QED) is 0.695. The minimum Gasteiger partial charge on any atom is -0.355 e. The van der Waals surface area contributed by atoms with E-state index in [2.05, 4.69) is 10.3 Å². The number of benzene rings is 2. The largest absolute Gasteiger partial charge is 0.355 e. The zero-order valence-corrected chi connectivity index (χ0v) is 18.2. The van der Waals surface area contributed by atoms with Crippen molar-refractivity contribution in [1.29, 1.82) is 0 Å². The van der Waals surface area contributed by atoms with Crippen molar-refractivity contribution in [1.82, 2.24) is 10.2 Å². The predicted octanol–water partition coefficient (Wildman–Crippen LogP) is 4.69. The van der Waals surface area contributed by atoms with Crippen LogP contribution in [0.15, 0.2) is 53.5 Å². The van der Waals surface area contributed by atoms with E-state index in [0.717, 1.165) is 5.56 Å². The maximum atomic E-state index is 12.9. The summed E-state index contributed by atoms with van der Waals surface area (Å²) in [7, 11) is 0. The molecule has 1 heterocycles. The van der Waals surface area contributed by atoms with E-state index in [1.165, 1.54) is 11.8 Å². The number of hydrogen-bond acceptors (Lipinski definition) is 4. The fraction of sp³-hybridized carbons (Fsp3) is 0.286. The van der Waals surface area contributed by atoms with Crippen LogP contribution in [0.25, 0.3) is 0 Å². The van der Waals surface area contributed by atoms with Crippen molar-refractivity contribution in [2.75, 3.05) is 13.1 Å². The van der Waals surface area contributed by atoms with Crippen LogP contribution in [-0.2, 0) is 16.0 Å². The number of halogens is 2. The number of hydrogen-bond donors (Lipinski definition) is 1. The number of rotatable bonds is 6. The average Bonchev–Trinajstić information content (AvgIpc) is 2.69. The molecule has 0 bridgehead atoms. The minimum atomic E-state index is -0.493. The van der Waals surface area contributed by atoms with Crippen LogP contribution < -0.4 is 5.32 Å². The van der Waals surface area contributed by atoms with Gasteiger partial charge in [0.05, 0.1) is 10.9 Å². The molecule has 152 valence electrons. The first-order valence-corrected chi connectivity index (χ1v) is 10.9. The van der Waals surface area contributed by atoms with Gasteiger partial charge in [-0.15, -0.1) is 0 Å². The molecule has 2 aromatic carbocycles. The number of nitrogens with one attached hydrogen (secondary N) is 1. The maximum Gasteiger partial charge on any atom is 0.234 e. The minimum absolute atomic E-state index is 0.116. The van der Waals surface area contributed by atoms with Gasteiger partial charge in [-0.3, -0.25) is 14.5 Å². The highest BCUT2D eigenvalue weighted by Gasteiger charge is 2.35. The number of carbonyl (C=O) groups excluding carboxylic acids is 2. The first kappa shape index (κ1) is 21.7. The molecule has 0 aromatic heterocycles. The highest BCUT2D eigenvalue weighted by Crippen LogP contribution is 2.30. The van der Waals surface area contributed by atoms with Crippen molar-refractivity contribution in [2.45, 2.75) is 25.0 Å². The van der Waals surface area contributed by atoms with E-state index in [4.69, 9.17) is 23.2 Å². The third-order valence-corrected chi connectivity index (χ3v) is 6.03. The Morgan fingerprint density at radius 1 is 1.21 bits per heavy atom. The summed E-state index contributed by atoms with van der Waals surface area (Å²) in [6.45, 7) is 2.84. The van der Waals surface area contributed by atoms with Gasteiger partial charge in [-0.25, -0.2) is 4.99 Å². The summed E-state index contributed by atoms with van der Waals surface area (Å²) < 4.78 is 0. The van der Waals surface area contributed by atoms with Gasteiger partial charge in [0.2, 0.25) is 11.8 Å². The molecule has 1 fully saturated rings. The molecule has 1 aliphatic heterocycles. The summed E-state index contributed by atoms with van der Waals surface area (Å²) >= 11 is 13.3. The zero-order chi connectivity index (χ0) is 20.8. The van der Waals surface area contributed by atoms with Gasteiger partial charge in [0.25, 0.3) is 0 Å². The van der Waals surface area contributed by atoms with Gasteiger partial charge < -0.3 is 5.32 Å². The molecule has 8 heteroatoms. The summed E-state index contributed by atoms with van der Waals surface area (Å²) in [6, 6.07) is 14.6. The molecule has 2 amide bonds.